The molecule has 20 heavy (non-hydrogen) atoms. The number of carbonyl (C=O) groups excluding carboxylic acids is 1. The smallest absolute Gasteiger partial charge is 0.276 e. The second-order valence-corrected chi connectivity index (χ2v) is 5.83. The third-order valence-electron chi connectivity index (χ3n) is 4.35. The molecule has 3 unspecified atom stereocenters. The first kappa shape index (κ1) is 15.0. The highest BCUT2D eigenvalue weighted by molar-refractivity contribution is 5.92. The molecule has 1 aromatic rings. The van der Waals surface area contributed by atoms with E-state index in [1.807, 2.05) is 4.90 Å². The zero-order chi connectivity index (χ0) is 14.7. The van der Waals surface area contributed by atoms with Gasteiger partial charge in [-0.25, -0.2) is 4.98 Å². The van der Waals surface area contributed by atoms with Crippen molar-refractivity contribution in [3.63, 3.8) is 0 Å². The van der Waals surface area contributed by atoms with Gasteiger partial charge in [-0.1, -0.05) is 20.3 Å². The molecule has 1 aromatic heterocycles. The molecule has 1 aliphatic heterocycles. The number of piperidine rings is 1. The van der Waals surface area contributed by atoms with E-state index in [0.717, 1.165) is 25.8 Å². The van der Waals surface area contributed by atoms with E-state index in [1.54, 1.807) is 0 Å². The third-order valence-corrected chi connectivity index (χ3v) is 4.35. The number of hydrogen-bond acceptors (Lipinski definition) is 4. The predicted octanol–water partition coefficient (Wildman–Crippen LogP) is 2.74. The average Bonchev–Trinajstić information content (AvgIpc) is 2.95. The SMILES string of the molecule is CCC(C)C(N)c1nc(C(=O)N2CCCCC2C)co1. The lowest BCUT2D eigenvalue weighted by Gasteiger charge is -2.32. The van der Waals surface area contributed by atoms with Crippen LogP contribution >= 0.6 is 0 Å². The highest BCUT2D eigenvalue weighted by atomic mass is 16.3. The van der Waals surface area contributed by atoms with Gasteiger partial charge in [-0.15, -0.1) is 0 Å². The van der Waals surface area contributed by atoms with E-state index < -0.39 is 0 Å². The standard InChI is InChI=1S/C15H25N3O2/c1-4-10(2)13(16)14-17-12(9-20-14)15(19)18-8-6-5-7-11(18)3/h9-11,13H,4-8,16H2,1-3H3. The Morgan fingerprint density at radius 1 is 1.60 bits per heavy atom. The molecule has 3 atom stereocenters. The molecule has 5 heteroatoms. The first-order valence-electron chi connectivity index (χ1n) is 7.56. The van der Waals surface area contributed by atoms with Crippen LogP contribution in [0.2, 0.25) is 0 Å². The van der Waals surface area contributed by atoms with Crippen LogP contribution in [0.4, 0.5) is 0 Å². The van der Waals surface area contributed by atoms with E-state index in [0.29, 0.717) is 11.6 Å². The summed E-state index contributed by atoms with van der Waals surface area (Å²) >= 11 is 0. The number of likely N-dealkylation sites (tertiary alicyclic amines) is 1. The molecule has 1 saturated heterocycles. The van der Waals surface area contributed by atoms with Crippen molar-refractivity contribution in [2.24, 2.45) is 11.7 Å². The zero-order valence-corrected chi connectivity index (χ0v) is 12.6. The molecule has 2 heterocycles. The number of nitrogens with two attached hydrogens (primary N) is 1. The molecule has 1 amide bonds. The van der Waals surface area contributed by atoms with Crippen molar-refractivity contribution in [3.8, 4) is 0 Å². The van der Waals surface area contributed by atoms with Crippen molar-refractivity contribution in [2.45, 2.75) is 58.5 Å². The monoisotopic (exact) mass is 279 g/mol. The summed E-state index contributed by atoms with van der Waals surface area (Å²) in [5.41, 5.74) is 6.47. The summed E-state index contributed by atoms with van der Waals surface area (Å²) in [7, 11) is 0. The van der Waals surface area contributed by atoms with Crippen LogP contribution in [0.1, 0.15) is 68.9 Å². The largest absolute Gasteiger partial charge is 0.446 e. The van der Waals surface area contributed by atoms with Gasteiger partial charge in [-0.05, 0) is 32.1 Å². The molecule has 0 saturated carbocycles. The Morgan fingerprint density at radius 2 is 2.35 bits per heavy atom. The molecule has 0 bridgehead atoms. The maximum atomic E-state index is 12.4. The van der Waals surface area contributed by atoms with E-state index in [4.69, 9.17) is 10.2 Å². The average molecular weight is 279 g/mol. The number of oxazole rings is 1. The number of nitrogens with zero attached hydrogens (tertiary/aromatic N) is 2. The number of amides is 1. The summed E-state index contributed by atoms with van der Waals surface area (Å²) in [6.45, 7) is 7.03. The predicted molar refractivity (Wildman–Crippen MR) is 77.2 cm³/mol. The van der Waals surface area contributed by atoms with Gasteiger partial charge < -0.3 is 15.1 Å². The molecule has 2 N–H and O–H groups in total. The van der Waals surface area contributed by atoms with Crippen LogP contribution in [-0.2, 0) is 0 Å². The topological polar surface area (TPSA) is 72.4 Å². The maximum absolute atomic E-state index is 12.4. The van der Waals surface area contributed by atoms with Crippen molar-refractivity contribution in [1.82, 2.24) is 9.88 Å². The van der Waals surface area contributed by atoms with Crippen molar-refractivity contribution in [2.75, 3.05) is 6.54 Å². The maximum Gasteiger partial charge on any atom is 0.276 e. The summed E-state index contributed by atoms with van der Waals surface area (Å²) in [5.74, 6) is 0.710. The molecule has 0 spiro atoms. The molecule has 0 aliphatic carbocycles. The van der Waals surface area contributed by atoms with E-state index in [2.05, 4.69) is 25.8 Å². The summed E-state index contributed by atoms with van der Waals surface area (Å²) in [6.07, 6.45) is 5.71. The molecule has 1 aliphatic rings. The van der Waals surface area contributed by atoms with Crippen LogP contribution < -0.4 is 5.73 Å². The Hall–Kier alpha value is -1.36. The fourth-order valence-electron chi connectivity index (χ4n) is 2.58. The fraction of sp³-hybridized carbons (Fsp3) is 0.733. The van der Waals surface area contributed by atoms with Gasteiger partial charge in [0.15, 0.2) is 5.69 Å². The normalized spacial score (nSPS) is 22.6. The Balaban J connectivity index is 2.10. The lowest BCUT2D eigenvalue weighted by Crippen LogP contribution is -2.42. The van der Waals surface area contributed by atoms with Gasteiger partial charge in [-0.2, -0.15) is 0 Å². The van der Waals surface area contributed by atoms with Crippen molar-refractivity contribution >= 4 is 5.91 Å². The van der Waals surface area contributed by atoms with Crippen molar-refractivity contribution in [1.29, 1.82) is 0 Å². The van der Waals surface area contributed by atoms with Gasteiger partial charge in [0.25, 0.3) is 5.91 Å². The molecular formula is C15H25N3O2. The van der Waals surface area contributed by atoms with E-state index in [9.17, 15) is 4.79 Å². The van der Waals surface area contributed by atoms with Crippen LogP contribution in [-0.4, -0.2) is 28.4 Å². The summed E-state index contributed by atoms with van der Waals surface area (Å²) in [4.78, 5) is 18.6. The second kappa shape index (κ2) is 6.39. The minimum absolute atomic E-state index is 0.0384. The Bertz CT molecular complexity index is 458. The minimum Gasteiger partial charge on any atom is -0.446 e. The van der Waals surface area contributed by atoms with Gasteiger partial charge in [0.2, 0.25) is 5.89 Å². The summed E-state index contributed by atoms with van der Waals surface area (Å²) in [5, 5.41) is 0. The molecule has 1 fully saturated rings. The van der Waals surface area contributed by atoms with E-state index in [1.165, 1.54) is 12.7 Å². The number of aromatic nitrogens is 1. The van der Waals surface area contributed by atoms with Crippen molar-refractivity contribution < 1.29 is 9.21 Å². The second-order valence-electron chi connectivity index (χ2n) is 5.83. The molecular weight excluding hydrogens is 254 g/mol. The van der Waals surface area contributed by atoms with Crippen LogP contribution in [0.3, 0.4) is 0 Å². The van der Waals surface area contributed by atoms with Gasteiger partial charge in [0, 0.05) is 12.6 Å². The Labute approximate surface area is 120 Å². The minimum atomic E-state index is -0.250. The van der Waals surface area contributed by atoms with Gasteiger partial charge in [0.1, 0.15) is 6.26 Å². The third kappa shape index (κ3) is 3.03. The molecule has 112 valence electrons. The number of carbonyl (C=O) groups is 1. The lowest BCUT2D eigenvalue weighted by molar-refractivity contribution is 0.0629. The Morgan fingerprint density at radius 3 is 3.00 bits per heavy atom. The molecule has 5 nitrogen and oxygen atoms in total. The van der Waals surface area contributed by atoms with E-state index >= 15 is 0 Å². The van der Waals surface area contributed by atoms with E-state index in [-0.39, 0.29) is 23.9 Å². The lowest BCUT2D eigenvalue weighted by atomic mass is 10.0. The molecule has 0 aromatic carbocycles. The van der Waals surface area contributed by atoms with Gasteiger partial charge >= 0.3 is 0 Å². The highest BCUT2D eigenvalue weighted by Gasteiger charge is 2.27. The molecule has 2 rings (SSSR count). The van der Waals surface area contributed by atoms with Gasteiger partial charge in [0.05, 0.1) is 6.04 Å². The first-order chi connectivity index (χ1) is 9.54. The summed E-state index contributed by atoms with van der Waals surface area (Å²) < 4.78 is 5.41. The van der Waals surface area contributed by atoms with Crippen LogP contribution in [0.15, 0.2) is 10.7 Å². The zero-order valence-electron chi connectivity index (χ0n) is 12.6. The summed E-state index contributed by atoms with van der Waals surface area (Å²) in [6, 6.07) is 0.0277. The van der Waals surface area contributed by atoms with Crippen LogP contribution in [0.5, 0.6) is 0 Å². The highest BCUT2D eigenvalue weighted by Crippen LogP contribution is 2.23. The fourth-order valence-corrected chi connectivity index (χ4v) is 2.58. The van der Waals surface area contributed by atoms with Crippen LogP contribution in [0, 0.1) is 5.92 Å². The quantitative estimate of drug-likeness (QED) is 0.919. The molecule has 0 radical (unpaired) electrons. The van der Waals surface area contributed by atoms with Crippen LogP contribution in [0.25, 0.3) is 0 Å². The Kier molecular flexibility index (Phi) is 4.81. The van der Waals surface area contributed by atoms with Crippen molar-refractivity contribution in [3.05, 3.63) is 17.8 Å². The number of hydrogen-bond donors (Lipinski definition) is 1. The van der Waals surface area contributed by atoms with Gasteiger partial charge in [-0.3, -0.25) is 4.79 Å². The first-order valence-corrected chi connectivity index (χ1v) is 7.56. The number of rotatable bonds is 4.